The quantitative estimate of drug-likeness (QED) is 0.281. The maximum absolute atomic E-state index is 13.9. The molecule has 9 heteroatoms. The zero-order valence-electron chi connectivity index (χ0n) is 20.4. The molecule has 1 atom stereocenters. The van der Waals surface area contributed by atoms with Crippen molar-refractivity contribution in [1.82, 2.24) is 9.88 Å². The highest BCUT2D eigenvalue weighted by atomic mass is 32.1. The number of ether oxygens (including phenoxy) is 2. The molecule has 5 rings (SSSR count). The van der Waals surface area contributed by atoms with Crippen molar-refractivity contribution in [2.24, 2.45) is 0 Å². The highest BCUT2D eigenvalue weighted by Crippen LogP contribution is 2.43. The van der Waals surface area contributed by atoms with E-state index in [9.17, 15) is 14.7 Å². The summed E-state index contributed by atoms with van der Waals surface area (Å²) >= 11 is 2.69. The highest BCUT2D eigenvalue weighted by Gasteiger charge is 2.45. The molecule has 0 radical (unpaired) electrons. The van der Waals surface area contributed by atoms with E-state index in [4.69, 9.17) is 9.47 Å². The van der Waals surface area contributed by atoms with Gasteiger partial charge in [0.15, 0.2) is 17.3 Å². The molecule has 0 aliphatic carbocycles. The maximum Gasteiger partial charge on any atom is 0.290 e. The SMILES string of the molecule is COc1ccc(CN2C(=O)C(O)=C(C(=O)c3sc(-c4ccccc4)nc3C)C2c2cccs2)cc1OC. The summed E-state index contributed by atoms with van der Waals surface area (Å²) in [6.45, 7) is 1.94. The number of thiophene rings is 1. The van der Waals surface area contributed by atoms with E-state index in [2.05, 4.69) is 4.98 Å². The number of ketones is 1. The molecule has 2 aromatic carbocycles. The monoisotopic (exact) mass is 532 g/mol. The summed E-state index contributed by atoms with van der Waals surface area (Å²) in [6, 6.07) is 18.0. The van der Waals surface area contributed by atoms with Gasteiger partial charge in [0, 0.05) is 17.0 Å². The van der Waals surface area contributed by atoms with Gasteiger partial charge in [-0.15, -0.1) is 22.7 Å². The van der Waals surface area contributed by atoms with E-state index in [0.29, 0.717) is 27.1 Å². The van der Waals surface area contributed by atoms with Gasteiger partial charge in [-0.05, 0) is 36.1 Å². The Hall–Kier alpha value is -3.95. The number of amides is 1. The number of thiazole rings is 1. The Bertz CT molecular complexity index is 1490. The van der Waals surface area contributed by atoms with Crippen molar-refractivity contribution in [1.29, 1.82) is 0 Å². The number of hydrogen-bond donors (Lipinski definition) is 1. The van der Waals surface area contributed by atoms with Crippen LogP contribution in [0.5, 0.6) is 11.5 Å². The molecule has 2 aromatic heterocycles. The third-order valence-corrected chi connectivity index (χ3v) is 8.32. The Morgan fingerprint density at radius 2 is 1.81 bits per heavy atom. The number of aliphatic hydroxyl groups is 1. The summed E-state index contributed by atoms with van der Waals surface area (Å²) < 4.78 is 10.7. The van der Waals surface area contributed by atoms with Crippen molar-refractivity contribution < 1.29 is 24.2 Å². The first kappa shape index (κ1) is 24.7. The number of hydrogen-bond acceptors (Lipinski definition) is 8. The fourth-order valence-electron chi connectivity index (χ4n) is 4.40. The molecule has 1 amide bonds. The third kappa shape index (κ3) is 4.52. The van der Waals surface area contributed by atoms with Gasteiger partial charge in [0.25, 0.3) is 5.91 Å². The lowest BCUT2D eigenvalue weighted by atomic mass is 10.00. The van der Waals surface area contributed by atoms with Crippen molar-refractivity contribution in [3.63, 3.8) is 0 Å². The van der Waals surface area contributed by atoms with Crippen LogP contribution in [0.25, 0.3) is 10.6 Å². The fourth-order valence-corrected chi connectivity index (χ4v) is 6.27. The minimum absolute atomic E-state index is 0.0688. The standard InChI is InChI=1S/C28H24N2O5S2/c1-16-26(37-27(29-16)18-8-5-4-6-9-18)24(31)22-23(21-10-7-13-36-21)30(28(33)25(22)32)15-17-11-12-19(34-2)20(14-17)35-3/h4-14,23,32H,15H2,1-3H3. The first-order valence-corrected chi connectivity index (χ1v) is 13.2. The molecule has 3 heterocycles. The Kier molecular flexibility index (Phi) is 6.82. The van der Waals surface area contributed by atoms with Gasteiger partial charge in [-0.3, -0.25) is 9.59 Å². The number of methoxy groups -OCH3 is 2. The van der Waals surface area contributed by atoms with Gasteiger partial charge < -0.3 is 19.5 Å². The van der Waals surface area contributed by atoms with Crippen LogP contribution in [0, 0.1) is 6.92 Å². The van der Waals surface area contributed by atoms with Crippen LogP contribution in [0.15, 0.2) is 77.4 Å². The van der Waals surface area contributed by atoms with Gasteiger partial charge in [-0.2, -0.15) is 0 Å². The Morgan fingerprint density at radius 1 is 1.05 bits per heavy atom. The molecule has 1 N–H and O–H groups in total. The van der Waals surface area contributed by atoms with Crippen LogP contribution in [0.4, 0.5) is 0 Å². The van der Waals surface area contributed by atoms with Crippen LogP contribution in [0.1, 0.15) is 31.8 Å². The molecule has 4 aromatic rings. The number of Topliss-reactive ketones (excluding diaryl/α,β-unsaturated/α-hetero) is 1. The Balaban J connectivity index is 1.53. The summed E-state index contributed by atoms with van der Waals surface area (Å²) in [5, 5.41) is 13.6. The average Bonchev–Trinajstić information content (AvgIpc) is 3.64. The van der Waals surface area contributed by atoms with Crippen LogP contribution in [0.2, 0.25) is 0 Å². The van der Waals surface area contributed by atoms with E-state index >= 15 is 0 Å². The molecule has 1 aliphatic heterocycles. The lowest BCUT2D eigenvalue weighted by Gasteiger charge is -2.26. The molecule has 37 heavy (non-hydrogen) atoms. The molecule has 0 saturated carbocycles. The van der Waals surface area contributed by atoms with Crippen molar-refractivity contribution in [3.05, 3.63) is 98.4 Å². The highest BCUT2D eigenvalue weighted by molar-refractivity contribution is 7.17. The molecule has 0 bridgehead atoms. The second-order valence-corrected chi connectivity index (χ2v) is 10.4. The minimum Gasteiger partial charge on any atom is -0.503 e. The summed E-state index contributed by atoms with van der Waals surface area (Å²) in [5.74, 6) is -0.418. The Morgan fingerprint density at radius 3 is 2.49 bits per heavy atom. The van der Waals surface area contributed by atoms with Crippen LogP contribution in [-0.2, 0) is 11.3 Å². The van der Waals surface area contributed by atoms with Gasteiger partial charge >= 0.3 is 0 Å². The number of carbonyl (C=O) groups excluding carboxylic acids is 2. The second kappa shape index (κ2) is 10.2. The predicted octanol–water partition coefficient (Wildman–Crippen LogP) is 5.98. The molecular weight excluding hydrogens is 508 g/mol. The lowest BCUT2D eigenvalue weighted by molar-refractivity contribution is -0.130. The van der Waals surface area contributed by atoms with E-state index in [1.165, 1.54) is 27.6 Å². The molecule has 0 fully saturated rings. The first-order chi connectivity index (χ1) is 17.9. The van der Waals surface area contributed by atoms with Crippen molar-refractivity contribution in [2.45, 2.75) is 19.5 Å². The van der Waals surface area contributed by atoms with Crippen LogP contribution in [0.3, 0.4) is 0 Å². The molecule has 0 spiro atoms. The largest absolute Gasteiger partial charge is 0.503 e. The fraction of sp³-hybridized carbons (Fsp3) is 0.179. The zero-order valence-corrected chi connectivity index (χ0v) is 22.1. The number of rotatable bonds is 8. The summed E-state index contributed by atoms with van der Waals surface area (Å²) in [5.41, 5.74) is 2.30. The Labute approximate surface area is 222 Å². The molecular formula is C28H24N2O5S2. The molecule has 1 unspecified atom stereocenters. The van der Waals surface area contributed by atoms with Gasteiger partial charge in [-0.25, -0.2) is 4.98 Å². The van der Waals surface area contributed by atoms with E-state index in [1.807, 2.05) is 53.9 Å². The number of benzene rings is 2. The predicted molar refractivity (Wildman–Crippen MR) is 143 cm³/mol. The maximum atomic E-state index is 13.9. The smallest absolute Gasteiger partial charge is 0.290 e. The normalized spacial score (nSPS) is 15.4. The van der Waals surface area contributed by atoms with E-state index in [1.54, 1.807) is 33.3 Å². The number of aryl methyl sites for hydroxylation is 1. The van der Waals surface area contributed by atoms with E-state index < -0.39 is 23.5 Å². The third-order valence-electron chi connectivity index (χ3n) is 6.19. The second-order valence-electron chi connectivity index (χ2n) is 8.43. The number of aromatic nitrogens is 1. The van der Waals surface area contributed by atoms with Gasteiger partial charge in [0.05, 0.1) is 30.4 Å². The topological polar surface area (TPSA) is 89.0 Å². The van der Waals surface area contributed by atoms with Gasteiger partial charge in [-0.1, -0.05) is 42.5 Å². The summed E-state index contributed by atoms with van der Waals surface area (Å²) in [4.78, 5) is 34.6. The average molecular weight is 533 g/mol. The van der Waals surface area contributed by atoms with Crippen molar-refractivity contribution in [2.75, 3.05) is 14.2 Å². The first-order valence-electron chi connectivity index (χ1n) is 11.5. The molecule has 188 valence electrons. The number of aliphatic hydroxyl groups excluding tert-OH is 1. The number of nitrogens with zero attached hydrogens (tertiary/aromatic N) is 2. The lowest BCUT2D eigenvalue weighted by Crippen LogP contribution is -2.30. The molecule has 7 nitrogen and oxygen atoms in total. The summed E-state index contributed by atoms with van der Waals surface area (Å²) in [7, 11) is 3.10. The van der Waals surface area contributed by atoms with Crippen LogP contribution in [-0.4, -0.2) is 40.9 Å². The van der Waals surface area contributed by atoms with E-state index in [0.717, 1.165) is 16.0 Å². The molecule has 0 saturated heterocycles. The van der Waals surface area contributed by atoms with E-state index in [-0.39, 0.29) is 12.1 Å². The van der Waals surface area contributed by atoms with Gasteiger partial charge in [0.1, 0.15) is 11.0 Å². The van der Waals surface area contributed by atoms with Crippen molar-refractivity contribution >= 4 is 34.4 Å². The number of carbonyl (C=O) groups is 2. The minimum atomic E-state index is -0.727. The van der Waals surface area contributed by atoms with Crippen LogP contribution >= 0.6 is 22.7 Å². The molecule has 1 aliphatic rings. The summed E-state index contributed by atoms with van der Waals surface area (Å²) in [6.07, 6.45) is 0. The van der Waals surface area contributed by atoms with Crippen LogP contribution < -0.4 is 9.47 Å². The van der Waals surface area contributed by atoms with Gasteiger partial charge in [0.2, 0.25) is 5.78 Å². The van der Waals surface area contributed by atoms with Crippen molar-refractivity contribution in [3.8, 4) is 22.1 Å². The zero-order chi connectivity index (χ0) is 26.1.